The molecule has 0 fully saturated rings. The van der Waals surface area contributed by atoms with Crippen molar-refractivity contribution < 1.29 is 28.5 Å². The minimum absolute atomic E-state index is 0.0144. The topological polar surface area (TPSA) is 80.7 Å². The first-order chi connectivity index (χ1) is 16.3. The van der Waals surface area contributed by atoms with Gasteiger partial charge in [0.1, 0.15) is 6.61 Å². The summed E-state index contributed by atoms with van der Waals surface area (Å²) in [6.45, 7) is 6.23. The van der Waals surface area contributed by atoms with Gasteiger partial charge in [-0.1, -0.05) is 106 Å². The van der Waals surface area contributed by atoms with Crippen molar-refractivity contribution in [3.8, 4) is 0 Å². The van der Waals surface area contributed by atoms with Crippen LogP contribution in [0.2, 0.25) is 0 Å². The summed E-state index contributed by atoms with van der Waals surface area (Å²) in [6, 6.07) is 9.35. The normalized spacial score (nSPS) is 13.4. The predicted octanol–water partition coefficient (Wildman–Crippen LogP) is 8.02. The summed E-state index contributed by atoms with van der Waals surface area (Å²) in [7, 11) is 0. The Labute approximate surface area is 214 Å². The van der Waals surface area contributed by atoms with Gasteiger partial charge in [-0.15, -0.1) is 0 Å². The summed E-state index contributed by atoms with van der Waals surface area (Å²) in [5, 5.41) is 9.74. The van der Waals surface area contributed by atoms with E-state index in [1.165, 1.54) is 22.8 Å². The molecule has 0 aliphatic rings. The lowest BCUT2D eigenvalue weighted by Crippen LogP contribution is -2.56. The molecule has 34 heavy (non-hydrogen) atoms. The van der Waals surface area contributed by atoms with E-state index in [0.29, 0.717) is 13.0 Å². The number of carbonyl (C=O) groups excluding carboxylic acids is 1. The number of benzene rings is 1. The number of ether oxygens (including phenoxy) is 1. The Morgan fingerprint density at radius 1 is 0.912 bits per heavy atom. The van der Waals surface area contributed by atoms with Gasteiger partial charge in [0.05, 0.1) is 6.54 Å². The number of quaternary nitrogens is 1. The van der Waals surface area contributed by atoms with Crippen molar-refractivity contribution in [2.24, 2.45) is 0 Å². The molecule has 0 saturated heterocycles. The molecule has 0 aliphatic carbocycles. The summed E-state index contributed by atoms with van der Waals surface area (Å²) in [5.41, 5.74) is -2.09. The second-order valence-corrected chi connectivity index (χ2v) is 17.3. The van der Waals surface area contributed by atoms with Crippen LogP contribution in [0, 0.1) is 0 Å². The highest BCUT2D eigenvalue weighted by Gasteiger charge is 2.47. The molecule has 0 saturated carbocycles. The number of carbonyl (C=O) groups is 2. The summed E-state index contributed by atoms with van der Waals surface area (Å²) in [5.74, 6) is 0.434. The van der Waals surface area contributed by atoms with Gasteiger partial charge in [-0.25, -0.2) is 9.28 Å². The monoisotopic (exact) mass is 532 g/mol. The third kappa shape index (κ3) is 12.1. The smallest absolute Gasteiger partial charge is 0.477 e. The van der Waals surface area contributed by atoms with Crippen molar-refractivity contribution in [3.05, 3.63) is 35.9 Å². The molecule has 0 aromatic heterocycles. The maximum atomic E-state index is 14.2. The minimum Gasteiger partial charge on any atom is -0.477 e. The lowest BCUT2D eigenvalue weighted by atomic mass is 10.2. The number of hydrogen-bond donors (Lipinski definition) is 1. The van der Waals surface area contributed by atoms with Gasteiger partial charge in [-0.3, -0.25) is 4.57 Å². The first kappa shape index (κ1) is 31.1. The maximum Gasteiger partial charge on any atom is 0.517 e. The second-order valence-electron chi connectivity index (χ2n) is 8.65. The van der Waals surface area contributed by atoms with E-state index in [-0.39, 0.29) is 12.9 Å². The first-order valence-electron chi connectivity index (χ1n) is 12.5. The Hall–Kier alpha value is -0.950. The average molecular weight is 533 g/mol. The van der Waals surface area contributed by atoms with Gasteiger partial charge in [0.2, 0.25) is 5.55 Å². The summed E-state index contributed by atoms with van der Waals surface area (Å²) in [6.07, 6.45) is 7.11. The number of aliphatic carboxylic acids is 1. The van der Waals surface area contributed by atoms with E-state index >= 15 is 0 Å². The van der Waals surface area contributed by atoms with Crippen molar-refractivity contribution >= 4 is 40.4 Å². The predicted molar refractivity (Wildman–Crippen MR) is 146 cm³/mol. The van der Waals surface area contributed by atoms with Crippen LogP contribution in [0.4, 0.5) is 4.79 Å². The third-order valence-electron chi connectivity index (χ3n) is 5.49. The highest BCUT2D eigenvalue weighted by Crippen LogP contribution is 2.70. The number of hydrogen-bond acceptors (Lipinski definition) is 6. The summed E-state index contributed by atoms with van der Waals surface area (Å²) in [4.78, 5) is 25.4. The zero-order valence-corrected chi connectivity index (χ0v) is 23.6. The van der Waals surface area contributed by atoms with Crippen molar-refractivity contribution in [3.63, 3.8) is 0 Å². The van der Waals surface area contributed by atoms with Crippen LogP contribution >= 0.6 is 28.3 Å². The SMILES string of the molecule is CCCCCSP(=O)(C[N+](CCCC)(CC(=O)O)C(=O)OCc1ccccc1)SCCCCC. The van der Waals surface area contributed by atoms with Gasteiger partial charge in [-0.2, -0.15) is 4.79 Å². The Balaban J connectivity index is 3.16. The van der Waals surface area contributed by atoms with Crippen LogP contribution in [0.1, 0.15) is 77.7 Å². The van der Waals surface area contributed by atoms with Crippen molar-refractivity contribution in [2.75, 3.05) is 30.9 Å². The molecule has 1 N–H and O–H groups in total. The van der Waals surface area contributed by atoms with Crippen LogP contribution in [-0.2, 0) is 20.7 Å². The fourth-order valence-corrected chi connectivity index (χ4v) is 12.5. The fraction of sp³-hybridized carbons (Fsp3) is 0.680. The van der Waals surface area contributed by atoms with E-state index in [9.17, 15) is 19.3 Å². The van der Waals surface area contributed by atoms with Crippen molar-refractivity contribution in [1.29, 1.82) is 0 Å². The largest absolute Gasteiger partial charge is 0.517 e. The molecule has 1 aromatic rings. The Kier molecular flexibility index (Phi) is 16.0. The molecule has 0 bridgehead atoms. The molecule has 9 heteroatoms. The standard InChI is InChI=1S/C25H42NO5PS2/c1-4-7-13-18-33-32(30,34-19-14-8-5-2)22-26(17-9-6-3,20-24(27)28)25(29)31-21-23-15-11-10-12-16-23/h10-12,15-16H,4-9,13-14,17-22H2,1-3H3/p+1. The molecule has 1 aromatic carbocycles. The van der Waals surface area contributed by atoms with Gasteiger partial charge in [0.25, 0.3) is 0 Å². The van der Waals surface area contributed by atoms with Crippen LogP contribution in [0.3, 0.4) is 0 Å². The Bertz CT molecular complexity index is 749. The highest BCUT2D eigenvalue weighted by atomic mass is 33.1. The zero-order chi connectivity index (χ0) is 25.3. The number of unbranched alkanes of at least 4 members (excludes halogenated alkanes) is 5. The number of amides is 1. The quantitative estimate of drug-likeness (QED) is 0.110. The molecule has 0 spiro atoms. The molecule has 0 radical (unpaired) electrons. The van der Waals surface area contributed by atoms with Gasteiger partial charge < -0.3 is 9.84 Å². The van der Waals surface area contributed by atoms with E-state index < -0.39 is 28.6 Å². The van der Waals surface area contributed by atoms with Crippen molar-refractivity contribution in [1.82, 2.24) is 0 Å². The van der Waals surface area contributed by atoms with E-state index in [2.05, 4.69) is 13.8 Å². The van der Waals surface area contributed by atoms with Crippen LogP contribution in [0.15, 0.2) is 30.3 Å². The van der Waals surface area contributed by atoms with Crippen LogP contribution in [0.25, 0.3) is 0 Å². The highest BCUT2D eigenvalue weighted by molar-refractivity contribution is 8.90. The molecule has 1 rings (SSSR count). The fourth-order valence-electron chi connectivity index (χ4n) is 3.55. The molecule has 0 heterocycles. The molecular formula is C25H43NO5PS2+. The molecular weight excluding hydrogens is 489 g/mol. The Morgan fingerprint density at radius 3 is 1.97 bits per heavy atom. The lowest BCUT2D eigenvalue weighted by Gasteiger charge is -2.35. The number of rotatable bonds is 19. The van der Waals surface area contributed by atoms with Crippen LogP contribution in [-0.4, -0.2) is 52.5 Å². The maximum absolute atomic E-state index is 14.2. The minimum atomic E-state index is -2.93. The van der Waals surface area contributed by atoms with Crippen LogP contribution < -0.4 is 0 Å². The third-order valence-corrected chi connectivity index (χ3v) is 14.1. The summed E-state index contributed by atoms with van der Waals surface area (Å²) < 4.78 is 19.4. The van der Waals surface area contributed by atoms with E-state index in [0.717, 1.165) is 62.0 Å². The van der Waals surface area contributed by atoms with Gasteiger partial charge >= 0.3 is 12.1 Å². The number of carboxylic acid groups (broad SMARTS) is 1. The van der Waals surface area contributed by atoms with Gasteiger partial charge in [0.15, 0.2) is 12.8 Å². The van der Waals surface area contributed by atoms with E-state index in [1.54, 1.807) is 0 Å². The molecule has 194 valence electrons. The second kappa shape index (κ2) is 17.5. The summed E-state index contributed by atoms with van der Waals surface area (Å²) >= 11 is 2.89. The first-order valence-corrected chi connectivity index (χ1v) is 17.6. The molecule has 6 nitrogen and oxygen atoms in total. The van der Waals surface area contributed by atoms with E-state index in [4.69, 9.17) is 4.74 Å². The van der Waals surface area contributed by atoms with Gasteiger partial charge in [0, 0.05) is 11.5 Å². The number of nitrogens with zero attached hydrogens (tertiary/aromatic N) is 1. The Morgan fingerprint density at radius 2 is 1.47 bits per heavy atom. The molecule has 1 amide bonds. The molecule has 1 unspecified atom stereocenters. The van der Waals surface area contributed by atoms with Crippen molar-refractivity contribution in [2.45, 2.75) is 78.7 Å². The number of carboxylic acids is 1. The lowest BCUT2D eigenvalue weighted by molar-refractivity contribution is -0.839. The van der Waals surface area contributed by atoms with Crippen LogP contribution in [0.5, 0.6) is 0 Å². The van der Waals surface area contributed by atoms with Gasteiger partial charge in [-0.05, 0) is 24.8 Å². The zero-order valence-electron chi connectivity index (χ0n) is 21.1. The average Bonchev–Trinajstić information content (AvgIpc) is 2.82. The molecule has 1 atom stereocenters. The van der Waals surface area contributed by atoms with E-state index in [1.807, 2.05) is 37.3 Å². The molecule has 0 aliphatic heterocycles.